The van der Waals surface area contributed by atoms with Gasteiger partial charge in [-0.3, -0.25) is 9.59 Å². The summed E-state index contributed by atoms with van der Waals surface area (Å²) in [5, 5.41) is 0. The van der Waals surface area contributed by atoms with E-state index in [1.807, 2.05) is 26.0 Å². The minimum atomic E-state index is -4.30. The maximum absolute atomic E-state index is 13.6. The lowest BCUT2D eigenvalue weighted by Gasteiger charge is -2.29. The van der Waals surface area contributed by atoms with Crippen LogP contribution >= 0.6 is 0 Å². The van der Waals surface area contributed by atoms with Gasteiger partial charge in [-0.05, 0) is 44.5 Å². The zero-order valence-corrected chi connectivity index (χ0v) is 18.4. The van der Waals surface area contributed by atoms with Gasteiger partial charge in [0.1, 0.15) is 6.42 Å². The molecular formula is C23H26O6S. The van der Waals surface area contributed by atoms with E-state index in [9.17, 15) is 18.0 Å². The number of sulfone groups is 1. The minimum absolute atomic E-state index is 0.0628. The van der Waals surface area contributed by atoms with Crippen molar-refractivity contribution in [2.75, 3.05) is 6.61 Å². The highest BCUT2D eigenvalue weighted by molar-refractivity contribution is 7.93. The lowest BCUT2D eigenvalue weighted by atomic mass is 10.1. The number of hydrogen-bond acceptors (Lipinski definition) is 6. The van der Waals surface area contributed by atoms with Crippen LogP contribution in [-0.2, 0) is 28.9 Å². The molecule has 2 aromatic rings. The fraction of sp³-hybridized carbons (Fsp3) is 0.304. The zero-order valence-electron chi connectivity index (χ0n) is 17.5. The Morgan fingerprint density at radius 1 is 0.967 bits per heavy atom. The third kappa shape index (κ3) is 5.57. The standard InChI is InChI=1S/C23H26O6S/c1-5-28-22(25)16-23(29-19(4)24,15-14-20-10-6-17(2)7-11-20)30(26,27)21-12-8-18(3)9-13-21/h6-15H,5,16H2,1-4H3/b15-14-. The van der Waals surface area contributed by atoms with Gasteiger partial charge < -0.3 is 9.47 Å². The van der Waals surface area contributed by atoms with Crippen molar-refractivity contribution in [3.63, 3.8) is 0 Å². The van der Waals surface area contributed by atoms with E-state index in [1.165, 1.54) is 24.3 Å². The normalized spacial score (nSPS) is 13.6. The molecule has 0 aromatic heterocycles. The van der Waals surface area contributed by atoms with Crippen molar-refractivity contribution in [2.45, 2.75) is 43.9 Å². The number of ether oxygens (including phenoxy) is 2. The van der Waals surface area contributed by atoms with Crippen LogP contribution in [0.5, 0.6) is 0 Å². The van der Waals surface area contributed by atoms with Gasteiger partial charge in [-0.15, -0.1) is 0 Å². The monoisotopic (exact) mass is 430 g/mol. The molecule has 0 heterocycles. The van der Waals surface area contributed by atoms with E-state index in [0.717, 1.165) is 18.1 Å². The maximum Gasteiger partial charge on any atom is 0.311 e. The van der Waals surface area contributed by atoms with Crippen LogP contribution < -0.4 is 0 Å². The van der Waals surface area contributed by atoms with Crippen LogP contribution in [0.2, 0.25) is 0 Å². The van der Waals surface area contributed by atoms with Crippen molar-refractivity contribution in [3.05, 3.63) is 71.3 Å². The number of esters is 2. The summed E-state index contributed by atoms with van der Waals surface area (Å²) in [6, 6.07) is 13.5. The predicted molar refractivity (Wildman–Crippen MR) is 114 cm³/mol. The summed E-state index contributed by atoms with van der Waals surface area (Å²) in [5.74, 6) is -1.62. The van der Waals surface area contributed by atoms with Crippen LogP contribution in [0, 0.1) is 13.8 Å². The second kappa shape index (κ2) is 9.71. The van der Waals surface area contributed by atoms with Gasteiger partial charge in [0.25, 0.3) is 0 Å². The van der Waals surface area contributed by atoms with Crippen LogP contribution in [0.25, 0.3) is 6.08 Å². The first-order chi connectivity index (χ1) is 14.1. The number of carbonyl (C=O) groups is 2. The Hall–Kier alpha value is -2.93. The molecule has 0 aliphatic heterocycles. The molecule has 2 aromatic carbocycles. The second-order valence-corrected chi connectivity index (χ2v) is 9.12. The third-order valence-electron chi connectivity index (χ3n) is 4.41. The Kier molecular flexibility index (Phi) is 7.56. The number of rotatable bonds is 8. The maximum atomic E-state index is 13.6. The Morgan fingerprint density at radius 2 is 1.50 bits per heavy atom. The van der Waals surface area contributed by atoms with Gasteiger partial charge in [0.2, 0.25) is 14.8 Å². The molecular weight excluding hydrogens is 404 g/mol. The molecule has 6 nitrogen and oxygen atoms in total. The Morgan fingerprint density at radius 3 is 2.00 bits per heavy atom. The number of hydrogen-bond donors (Lipinski definition) is 0. The number of benzene rings is 2. The summed E-state index contributed by atoms with van der Waals surface area (Å²) in [6.07, 6.45) is 2.09. The SMILES string of the molecule is CCOC(=O)CC(/C=C\c1ccc(C)cc1)(OC(C)=O)S(=O)(=O)c1ccc(C)cc1. The van der Waals surface area contributed by atoms with E-state index in [0.29, 0.717) is 5.56 Å². The highest BCUT2D eigenvalue weighted by Crippen LogP contribution is 2.34. The molecule has 0 aliphatic carbocycles. The van der Waals surface area contributed by atoms with Crippen LogP contribution in [0.3, 0.4) is 0 Å². The largest absolute Gasteiger partial charge is 0.466 e. The van der Waals surface area contributed by atoms with Gasteiger partial charge in [-0.1, -0.05) is 53.6 Å². The molecule has 0 spiro atoms. The third-order valence-corrected chi connectivity index (χ3v) is 6.57. The summed E-state index contributed by atoms with van der Waals surface area (Å²) >= 11 is 0. The van der Waals surface area contributed by atoms with Gasteiger partial charge in [-0.2, -0.15) is 0 Å². The van der Waals surface area contributed by atoms with Crippen molar-refractivity contribution in [3.8, 4) is 0 Å². The van der Waals surface area contributed by atoms with Crippen molar-refractivity contribution in [1.29, 1.82) is 0 Å². The molecule has 0 N–H and O–H groups in total. The molecule has 7 heteroatoms. The molecule has 0 aliphatic rings. The fourth-order valence-corrected chi connectivity index (χ4v) is 4.52. The van der Waals surface area contributed by atoms with Gasteiger partial charge in [-0.25, -0.2) is 8.42 Å². The van der Waals surface area contributed by atoms with Crippen molar-refractivity contribution in [2.24, 2.45) is 0 Å². The van der Waals surface area contributed by atoms with E-state index in [1.54, 1.807) is 31.2 Å². The van der Waals surface area contributed by atoms with Gasteiger partial charge >= 0.3 is 11.9 Å². The average Bonchev–Trinajstić information content (AvgIpc) is 2.67. The second-order valence-electron chi connectivity index (χ2n) is 6.95. The van der Waals surface area contributed by atoms with Crippen molar-refractivity contribution in [1.82, 2.24) is 0 Å². The lowest BCUT2D eigenvalue weighted by molar-refractivity contribution is -0.153. The van der Waals surface area contributed by atoms with Gasteiger partial charge in [0.15, 0.2) is 0 Å². The van der Waals surface area contributed by atoms with E-state index in [-0.39, 0.29) is 11.5 Å². The smallest absolute Gasteiger partial charge is 0.311 e. The van der Waals surface area contributed by atoms with E-state index in [4.69, 9.17) is 9.47 Å². The summed E-state index contributed by atoms with van der Waals surface area (Å²) in [7, 11) is -4.30. The Bertz CT molecular complexity index is 1020. The first kappa shape index (κ1) is 23.3. The molecule has 2 rings (SSSR count). The molecule has 0 bridgehead atoms. The van der Waals surface area contributed by atoms with Crippen LogP contribution in [0.15, 0.2) is 59.5 Å². The summed E-state index contributed by atoms with van der Waals surface area (Å²) in [4.78, 5) is 21.9. The van der Waals surface area contributed by atoms with Gasteiger partial charge in [0.05, 0.1) is 11.5 Å². The van der Waals surface area contributed by atoms with Crippen molar-refractivity contribution < 1.29 is 27.5 Å². The van der Waals surface area contributed by atoms with Crippen LogP contribution in [-0.4, -0.2) is 31.9 Å². The average molecular weight is 431 g/mol. The summed E-state index contributed by atoms with van der Waals surface area (Å²) < 4.78 is 37.5. The first-order valence-corrected chi connectivity index (χ1v) is 11.0. The number of aryl methyl sites for hydroxylation is 2. The lowest BCUT2D eigenvalue weighted by Crippen LogP contribution is -2.43. The predicted octanol–water partition coefficient (Wildman–Crippen LogP) is 4.00. The van der Waals surface area contributed by atoms with E-state index in [2.05, 4.69) is 0 Å². The highest BCUT2D eigenvalue weighted by atomic mass is 32.2. The molecule has 1 atom stereocenters. The van der Waals surface area contributed by atoms with Crippen LogP contribution in [0.1, 0.15) is 37.0 Å². The van der Waals surface area contributed by atoms with E-state index < -0.39 is 33.1 Å². The first-order valence-electron chi connectivity index (χ1n) is 9.52. The molecule has 0 fully saturated rings. The molecule has 30 heavy (non-hydrogen) atoms. The molecule has 0 saturated carbocycles. The molecule has 0 amide bonds. The molecule has 0 saturated heterocycles. The van der Waals surface area contributed by atoms with Crippen LogP contribution in [0.4, 0.5) is 0 Å². The Balaban J connectivity index is 2.65. The topological polar surface area (TPSA) is 86.7 Å². The fourth-order valence-electron chi connectivity index (χ4n) is 2.84. The van der Waals surface area contributed by atoms with Crippen molar-refractivity contribution >= 4 is 27.9 Å². The molecule has 160 valence electrons. The van der Waals surface area contributed by atoms with E-state index >= 15 is 0 Å². The quantitative estimate of drug-likeness (QED) is 0.588. The summed E-state index contributed by atoms with van der Waals surface area (Å²) in [5.41, 5.74) is 2.60. The molecule has 0 radical (unpaired) electrons. The highest BCUT2D eigenvalue weighted by Gasteiger charge is 2.48. The number of carbonyl (C=O) groups excluding carboxylic acids is 2. The summed E-state index contributed by atoms with van der Waals surface area (Å²) in [6.45, 7) is 6.54. The van der Waals surface area contributed by atoms with Gasteiger partial charge in [0, 0.05) is 6.92 Å². The zero-order chi connectivity index (χ0) is 22.4. The Labute approximate surface area is 177 Å². The minimum Gasteiger partial charge on any atom is -0.466 e. The molecule has 1 unspecified atom stereocenters.